The summed E-state index contributed by atoms with van der Waals surface area (Å²) in [6.07, 6.45) is 2.21. The Balaban J connectivity index is 1.39. The van der Waals surface area contributed by atoms with E-state index < -0.39 is 17.5 Å². The van der Waals surface area contributed by atoms with E-state index in [1.165, 1.54) is 23.0 Å². The van der Waals surface area contributed by atoms with E-state index in [-0.39, 0.29) is 11.6 Å². The summed E-state index contributed by atoms with van der Waals surface area (Å²) >= 11 is 0. The third kappa shape index (κ3) is 3.44. The summed E-state index contributed by atoms with van der Waals surface area (Å²) in [5, 5.41) is 7.23. The predicted octanol–water partition coefficient (Wildman–Crippen LogP) is 3.49. The molecule has 156 valence electrons. The highest BCUT2D eigenvalue weighted by Crippen LogP contribution is 2.29. The number of hydrogen-bond donors (Lipinski definition) is 1. The van der Waals surface area contributed by atoms with Gasteiger partial charge in [-0.1, -0.05) is 0 Å². The number of fused-ring (bicyclic) bond motifs is 1. The molecule has 1 aromatic heterocycles. The van der Waals surface area contributed by atoms with Crippen molar-refractivity contribution in [1.82, 2.24) is 19.7 Å². The van der Waals surface area contributed by atoms with Crippen molar-refractivity contribution in [1.29, 1.82) is 0 Å². The standard InChI is InChI=1S/C21H20F3N5O/c1-12-4-15(5-13-8-28(3-2-17(12)13)16-9-30-10-16)26-21-25-11-29(27-21)19-7-14(22)6-18(23)20(19)24/h4-7,11,16H,2-3,8-10H2,1H3,(H,26,27). The first-order valence-electron chi connectivity index (χ1n) is 9.76. The first-order valence-corrected chi connectivity index (χ1v) is 9.76. The van der Waals surface area contributed by atoms with Crippen LogP contribution in [-0.2, 0) is 17.7 Å². The molecular weight excluding hydrogens is 395 g/mol. The molecule has 5 rings (SSSR count). The summed E-state index contributed by atoms with van der Waals surface area (Å²) in [4.78, 5) is 6.53. The maximum atomic E-state index is 14.0. The number of nitrogens with zero attached hydrogens (tertiary/aromatic N) is 4. The molecule has 30 heavy (non-hydrogen) atoms. The van der Waals surface area contributed by atoms with Gasteiger partial charge in [0.15, 0.2) is 11.6 Å². The van der Waals surface area contributed by atoms with Gasteiger partial charge in [0.05, 0.1) is 19.3 Å². The number of benzene rings is 2. The molecule has 1 saturated heterocycles. The molecule has 2 aliphatic rings. The van der Waals surface area contributed by atoms with E-state index in [1.54, 1.807) is 0 Å². The van der Waals surface area contributed by atoms with E-state index in [4.69, 9.17) is 4.74 Å². The molecular formula is C21H20F3N5O. The van der Waals surface area contributed by atoms with Crippen molar-refractivity contribution in [3.05, 3.63) is 64.7 Å². The van der Waals surface area contributed by atoms with E-state index >= 15 is 0 Å². The minimum Gasteiger partial charge on any atom is -0.378 e. The molecule has 0 spiro atoms. The van der Waals surface area contributed by atoms with Gasteiger partial charge in [-0.2, -0.15) is 4.98 Å². The molecule has 1 fully saturated rings. The molecule has 0 saturated carbocycles. The number of hydrogen-bond acceptors (Lipinski definition) is 5. The Morgan fingerprint density at radius 2 is 1.97 bits per heavy atom. The second kappa shape index (κ2) is 7.41. The van der Waals surface area contributed by atoms with Crippen LogP contribution in [0.25, 0.3) is 5.69 Å². The second-order valence-corrected chi connectivity index (χ2v) is 7.70. The summed E-state index contributed by atoms with van der Waals surface area (Å²) in [6, 6.07) is 5.93. The fourth-order valence-corrected chi connectivity index (χ4v) is 4.03. The first-order chi connectivity index (χ1) is 14.5. The van der Waals surface area contributed by atoms with Crippen LogP contribution in [0, 0.1) is 24.4 Å². The van der Waals surface area contributed by atoms with Gasteiger partial charge in [0, 0.05) is 30.9 Å². The van der Waals surface area contributed by atoms with Crippen molar-refractivity contribution in [3.8, 4) is 5.69 Å². The fraction of sp³-hybridized carbons (Fsp3) is 0.333. The molecule has 0 unspecified atom stereocenters. The summed E-state index contributed by atoms with van der Waals surface area (Å²) < 4.78 is 47.3. The van der Waals surface area contributed by atoms with E-state index in [2.05, 4.69) is 33.3 Å². The largest absolute Gasteiger partial charge is 0.378 e. The lowest BCUT2D eigenvalue weighted by atomic mass is 9.93. The highest BCUT2D eigenvalue weighted by Gasteiger charge is 2.29. The number of anilines is 2. The number of aromatic nitrogens is 3. The maximum Gasteiger partial charge on any atom is 0.246 e. The van der Waals surface area contributed by atoms with Gasteiger partial charge in [0.1, 0.15) is 17.8 Å². The molecule has 0 radical (unpaired) electrons. The zero-order valence-corrected chi connectivity index (χ0v) is 16.3. The molecule has 3 heterocycles. The van der Waals surface area contributed by atoms with Crippen LogP contribution in [0.1, 0.15) is 16.7 Å². The van der Waals surface area contributed by atoms with Crippen LogP contribution in [-0.4, -0.2) is 45.5 Å². The van der Waals surface area contributed by atoms with E-state index in [0.717, 1.165) is 49.2 Å². The molecule has 1 N–H and O–H groups in total. The van der Waals surface area contributed by atoms with Gasteiger partial charge in [0.2, 0.25) is 5.95 Å². The van der Waals surface area contributed by atoms with Crippen molar-refractivity contribution in [2.75, 3.05) is 25.1 Å². The number of nitrogens with one attached hydrogen (secondary N) is 1. The Hall–Kier alpha value is -2.91. The van der Waals surface area contributed by atoms with Gasteiger partial charge >= 0.3 is 0 Å². The highest BCUT2D eigenvalue weighted by atomic mass is 19.2. The third-order valence-electron chi connectivity index (χ3n) is 5.69. The smallest absolute Gasteiger partial charge is 0.246 e. The number of ether oxygens (including phenoxy) is 1. The van der Waals surface area contributed by atoms with Crippen molar-refractivity contribution in [2.24, 2.45) is 0 Å². The first kappa shape index (κ1) is 19.1. The van der Waals surface area contributed by atoms with Crippen molar-refractivity contribution in [3.63, 3.8) is 0 Å². The van der Waals surface area contributed by atoms with Crippen LogP contribution in [0.3, 0.4) is 0 Å². The quantitative estimate of drug-likeness (QED) is 0.661. The SMILES string of the molecule is Cc1cc(Nc2ncn(-c3cc(F)cc(F)c3F)n2)cc2c1CCN(C1COC1)C2. The zero-order valence-electron chi connectivity index (χ0n) is 16.3. The lowest BCUT2D eigenvalue weighted by molar-refractivity contribution is -0.0695. The number of aryl methyl sites for hydroxylation is 1. The van der Waals surface area contributed by atoms with E-state index in [1.807, 2.05) is 6.07 Å². The Morgan fingerprint density at radius 1 is 1.13 bits per heavy atom. The minimum absolute atomic E-state index is 0.207. The Kier molecular flexibility index (Phi) is 4.71. The van der Waals surface area contributed by atoms with Gasteiger partial charge in [0.25, 0.3) is 0 Å². The molecule has 6 nitrogen and oxygen atoms in total. The molecule has 0 aliphatic carbocycles. The monoisotopic (exact) mass is 415 g/mol. The zero-order chi connectivity index (χ0) is 20.8. The highest BCUT2D eigenvalue weighted by molar-refractivity contribution is 5.58. The molecule has 0 atom stereocenters. The molecule has 9 heteroatoms. The molecule has 3 aromatic rings. The minimum atomic E-state index is -1.28. The van der Waals surface area contributed by atoms with Crippen LogP contribution in [0.5, 0.6) is 0 Å². The maximum absolute atomic E-state index is 14.0. The van der Waals surface area contributed by atoms with Crippen molar-refractivity contribution >= 4 is 11.6 Å². The van der Waals surface area contributed by atoms with Crippen LogP contribution < -0.4 is 5.32 Å². The van der Waals surface area contributed by atoms with Gasteiger partial charge in [-0.3, -0.25) is 4.90 Å². The van der Waals surface area contributed by atoms with E-state index in [9.17, 15) is 13.2 Å². The lowest BCUT2D eigenvalue weighted by Gasteiger charge is -2.40. The fourth-order valence-electron chi connectivity index (χ4n) is 4.03. The predicted molar refractivity (Wildman–Crippen MR) is 104 cm³/mol. The molecule has 2 aliphatic heterocycles. The van der Waals surface area contributed by atoms with Crippen LogP contribution in [0.4, 0.5) is 24.8 Å². The van der Waals surface area contributed by atoms with Gasteiger partial charge < -0.3 is 10.1 Å². The van der Waals surface area contributed by atoms with Crippen molar-refractivity contribution in [2.45, 2.75) is 25.9 Å². The summed E-state index contributed by atoms with van der Waals surface area (Å²) in [5.41, 5.74) is 4.24. The third-order valence-corrected chi connectivity index (χ3v) is 5.69. The van der Waals surface area contributed by atoms with E-state index in [0.29, 0.717) is 12.1 Å². The van der Waals surface area contributed by atoms with Crippen LogP contribution in [0.15, 0.2) is 30.6 Å². The Labute approximate surface area is 171 Å². The van der Waals surface area contributed by atoms with Gasteiger partial charge in [-0.05, 0) is 42.2 Å². The number of rotatable bonds is 4. The van der Waals surface area contributed by atoms with Crippen molar-refractivity contribution < 1.29 is 17.9 Å². The Morgan fingerprint density at radius 3 is 2.73 bits per heavy atom. The summed E-state index contributed by atoms with van der Waals surface area (Å²) in [5.74, 6) is -3.14. The van der Waals surface area contributed by atoms with Crippen LogP contribution in [0.2, 0.25) is 0 Å². The number of halogens is 3. The summed E-state index contributed by atoms with van der Waals surface area (Å²) in [6.45, 7) is 5.52. The lowest BCUT2D eigenvalue weighted by Crippen LogP contribution is -2.50. The second-order valence-electron chi connectivity index (χ2n) is 7.70. The molecule has 0 amide bonds. The normalized spacial score (nSPS) is 16.9. The topological polar surface area (TPSA) is 55.2 Å². The van der Waals surface area contributed by atoms with Gasteiger partial charge in [-0.25, -0.2) is 17.9 Å². The Bertz CT molecular complexity index is 1110. The average molecular weight is 415 g/mol. The average Bonchev–Trinajstić information content (AvgIpc) is 3.11. The molecule has 2 aromatic carbocycles. The van der Waals surface area contributed by atoms with Crippen LogP contribution >= 0.6 is 0 Å². The summed E-state index contributed by atoms with van der Waals surface area (Å²) in [7, 11) is 0. The molecule has 0 bridgehead atoms. The van der Waals surface area contributed by atoms with Gasteiger partial charge in [-0.15, -0.1) is 5.10 Å².